The number of allylic oxidation sites excluding steroid dienone is 2. The number of esters is 2. The molecule has 0 amide bonds. The van der Waals surface area contributed by atoms with Gasteiger partial charge in [0.05, 0.1) is 14.2 Å². The first kappa shape index (κ1) is 17.5. The first-order valence-corrected chi connectivity index (χ1v) is 7.47. The van der Waals surface area contributed by atoms with E-state index < -0.39 is 17.4 Å². The highest BCUT2D eigenvalue weighted by molar-refractivity contribution is 6.01. The molecule has 0 saturated heterocycles. The maximum Gasteiger partial charge on any atom is 0.323 e. The van der Waals surface area contributed by atoms with E-state index in [-0.39, 0.29) is 11.8 Å². The minimum Gasteiger partial charge on any atom is -0.468 e. The molecule has 1 aliphatic carbocycles. The van der Waals surface area contributed by atoms with Gasteiger partial charge >= 0.3 is 11.9 Å². The van der Waals surface area contributed by atoms with E-state index in [1.807, 2.05) is 0 Å². The molecular weight excluding hydrogens is 268 g/mol. The molecule has 0 heterocycles. The summed E-state index contributed by atoms with van der Waals surface area (Å²) >= 11 is 0. The highest BCUT2D eigenvalue weighted by Crippen LogP contribution is 2.53. The van der Waals surface area contributed by atoms with Gasteiger partial charge in [0, 0.05) is 5.92 Å². The zero-order valence-corrected chi connectivity index (χ0v) is 13.3. The summed E-state index contributed by atoms with van der Waals surface area (Å²) in [4.78, 5) is 24.8. The molecule has 1 rings (SSSR count). The molecule has 1 aliphatic rings. The molecule has 0 aliphatic heterocycles. The molecule has 0 spiro atoms. The highest BCUT2D eigenvalue weighted by Gasteiger charge is 2.60. The first-order chi connectivity index (χ1) is 9.99. The van der Waals surface area contributed by atoms with Gasteiger partial charge < -0.3 is 9.47 Å². The number of unbranched alkanes of at least 4 members (excludes halogenated alkanes) is 2. The normalized spacial score (nSPS) is 23.7. The fraction of sp³-hybridized carbons (Fsp3) is 0.647. The van der Waals surface area contributed by atoms with Crippen LogP contribution in [0.25, 0.3) is 0 Å². The minimum absolute atomic E-state index is 0.0603. The second-order valence-electron chi connectivity index (χ2n) is 5.62. The molecule has 0 N–H and O–H groups in total. The lowest BCUT2D eigenvalue weighted by Crippen LogP contribution is -2.44. The Morgan fingerprint density at radius 2 is 1.86 bits per heavy atom. The fourth-order valence-corrected chi connectivity index (χ4v) is 3.36. The number of methoxy groups -OCH3 is 2. The summed E-state index contributed by atoms with van der Waals surface area (Å²) in [5.41, 5.74) is -0.385. The predicted molar refractivity (Wildman–Crippen MR) is 81.5 cm³/mol. The fourth-order valence-electron chi connectivity index (χ4n) is 3.36. The van der Waals surface area contributed by atoms with Crippen molar-refractivity contribution in [2.75, 3.05) is 14.2 Å². The SMILES string of the molecule is C=C[C@H]1CC(C(=O)OC)(C(=O)OC)[C@@H](CCCCC)C1=C. The Morgan fingerprint density at radius 3 is 2.29 bits per heavy atom. The van der Waals surface area contributed by atoms with Gasteiger partial charge in [0.25, 0.3) is 0 Å². The average molecular weight is 294 g/mol. The average Bonchev–Trinajstić information content (AvgIpc) is 2.79. The lowest BCUT2D eigenvalue weighted by Gasteiger charge is -2.30. The zero-order chi connectivity index (χ0) is 16.0. The van der Waals surface area contributed by atoms with Gasteiger partial charge in [-0.3, -0.25) is 9.59 Å². The van der Waals surface area contributed by atoms with Crippen LogP contribution >= 0.6 is 0 Å². The molecule has 2 atom stereocenters. The number of ether oxygens (including phenoxy) is 2. The van der Waals surface area contributed by atoms with Crippen LogP contribution in [0.15, 0.2) is 24.8 Å². The quantitative estimate of drug-likeness (QED) is 0.313. The Bertz CT molecular complexity index is 409. The number of carbonyl (C=O) groups is 2. The van der Waals surface area contributed by atoms with Crippen LogP contribution in [0.3, 0.4) is 0 Å². The van der Waals surface area contributed by atoms with Crippen molar-refractivity contribution in [2.45, 2.75) is 39.0 Å². The third kappa shape index (κ3) is 3.04. The van der Waals surface area contributed by atoms with Gasteiger partial charge in [0.2, 0.25) is 0 Å². The van der Waals surface area contributed by atoms with Crippen molar-refractivity contribution in [1.82, 2.24) is 0 Å². The number of carbonyl (C=O) groups excluding carboxylic acids is 2. The molecule has 0 unspecified atom stereocenters. The lowest BCUT2D eigenvalue weighted by molar-refractivity contribution is -0.172. The monoisotopic (exact) mass is 294 g/mol. The van der Waals surface area contributed by atoms with Gasteiger partial charge in [-0.15, -0.1) is 6.58 Å². The summed E-state index contributed by atoms with van der Waals surface area (Å²) in [7, 11) is 2.61. The Kier molecular flexibility index (Phi) is 6.19. The Balaban J connectivity index is 3.20. The molecule has 1 fully saturated rings. The molecule has 4 heteroatoms. The summed E-state index contributed by atoms with van der Waals surface area (Å²) in [6, 6.07) is 0. The summed E-state index contributed by atoms with van der Waals surface area (Å²) in [5, 5.41) is 0. The standard InChI is InChI=1S/C17H26O4/c1-6-8-9-10-14-12(3)13(7-2)11-17(14,15(18)20-4)16(19)21-5/h7,13-14H,2-3,6,8-11H2,1,4-5H3/t13-,14-/m0/s1. The predicted octanol–water partition coefficient (Wildman–Crippen LogP) is 3.28. The van der Waals surface area contributed by atoms with Crippen LogP contribution < -0.4 is 0 Å². The van der Waals surface area contributed by atoms with Crippen LogP contribution in [0.5, 0.6) is 0 Å². The van der Waals surface area contributed by atoms with Gasteiger partial charge in [-0.2, -0.15) is 0 Å². The molecule has 0 aromatic rings. The van der Waals surface area contributed by atoms with Crippen molar-refractivity contribution in [3.63, 3.8) is 0 Å². The summed E-state index contributed by atoms with van der Waals surface area (Å²) in [6.45, 7) is 10.0. The van der Waals surface area contributed by atoms with E-state index in [9.17, 15) is 9.59 Å². The molecular formula is C17H26O4. The van der Waals surface area contributed by atoms with Crippen LogP contribution in [-0.4, -0.2) is 26.2 Å². The zero-order valence-electron chi connectivity index (χ0n) is 13.3. The van der Waals surface area contributed by atoms with Gasteiger partial charge in [-0.05, 0) is 18.8 Å². The molecule has 0 aromatic heterocycles. The first-order valence-electron chi connectivity index (χ1n) is 7.47. The summed E-state index contributed by atoms with van der Waals surface area (Å²) in [5.74, 6) is -1.36. The van der Waals surface area contributed by atoms with E-state index in [2.05, 4.69) is 20.1 Å². The third-order valence-electron chi connectivity index (χ3n) is 4.54. The van der Waals surface area contributed by atoms with E-state index in [4.69, 9.17) is 9.47 Å². The molecule has 4 nitrogen and oxygen atoms in total. The maximum absolute atomic E-state index is 12.4. The number of hydrogen-bond acceptors (Lipinski definition) is 4. The smallest absolute Gasteiger partial charge is 0.323 e. The van der Waals surface area contributed by atoms with E-state index >= 15 is 0 Å². The topological polar surface area (TPSA) is 52.6 Å². The second-order valence-corrected chi connectivity index (χ2v) is 5.62. The van der Waals surface area contributed by atoms with E-state index in [1.54, 1.807) is 6.08 Å². The van der Waals surface area contributed by atoms with Crippen molar-refractivity contribution in [3.8, 4) is 0 Å². The molecule has 0 bridgehead atoms. The van der Waals surface area contributed by atoms with Gasteiger partial charge in [0.15, 0.2) is 5.41 Å². The second kappa shape index (κ2) is 7.43. The number of hydrogen-bond donors (Lipinski definition) is 0. The Hall–Kier alpha value is -1.58. The minimum atomic E-state index is -1.27. The van der Waals surface area contributed by atoms with Crippen LogP contribution in [-0.2, 0) is 19.1 Å². The van der Waals surface area contributed by atoms with Crippen molar-refractivity contribution >= 4 is 11.9 Å². The van der Waals surface area contributed by atoms with E-state index in [0.29, 0.717) is 6.42 Å². The van der Waals surface area contributed by atoms with Crippen LogP contribution in [0.1, 0.15) is 39.0 Å². The molecule has 0 radical (unpaired) electrons. The van der Waals surface area contributed by atoms with Crippen molar-refractivity contribution < 1.29 is 19.1 Å². The molecule has 0 aromatic carbocycles. The largest absolute Gasteiger partial charge is 0.468 e. The van der Waals surface area contributed by atoms with Gasteiger partial charge in [0.1, 0.15) is 0 Å². The van der Waals surface area contributed by atoms with Gasteiger partial charge in [-0.1, -0.05) is 44.4 Å². The Labute approximate surface area is 127 Å². The van der Waals surface area contributed by atoms with Crippen LogP contribution in [0.2, 0.25) is 0 Å². The third-order valence-corrected chi connectivity index (χ3v) is 4.54. The molecule has 1 saturated carbocycles. The van der Waals surface area contributed by atoms with Crippen LogP contribution in [0, 0.1) is 17.3 Å². The summed E-state index contributed by atoms with van der Waals surface area (Å²) in [6.07, 6.45) is 5.91. The van der Waals surface area contributed by atoms with Crippen molar-refractivity contribution in [2.24, 2.45) is 17.3 Å². The Morgan fingerprint density at radius 1 is 1.29 bits per heavy atom. The molecule has 118 valence electrons. The summed E-state index contributed by atoms with van der Waals surface area (Å²) < 4.78 is 9.85. The maximum atomic E-state index is 12.4. The highest BCUT2D eigenvalue weighted by atomic mass is 16.5. The van der Waals surface area contributed by atoms with Crippen molar-refractivity contribution in [3.05, 3.63) is 24.8 Å². The van der Waals surface area contributed by atoms with Gasteiger partial charge in [-0.25, -0.2) is 0 Å². The van der Waals surface area contributed by atoms with Crippen LogP contribution in [0.4, 0.5) is 0 Å². The lowest BCUT2D eigenvalue weighted by atomic mass is 9.74. The van der Waals surface area contributed by atoms with E-state index in [1.165, 1.54) is 14.2 Å². The molecule has 21 heavy (non-hydrogen) atoms. The number of rotatable bonds is 7. The van der Waals surface area contributed by atoms with E-state index in [0.717, 1.165) is 31.3 Å². The van der Waals surface area contributed by atoms with Crippen molar-refractivity contribution in [1.29, 1.82) is 0 Å².